The summed E-state index contributed by atoms with van der Waals surface area (Å²) in [7, 11) is 0. The lowest BCUT2D eigenvalue weighted by atomic mass is 10.3. The zero-order valence-electron chi connectivity index (χ0n) is 11.6. The molecule has 2 aromatic rings. The topological polar surface area (TPSA) is 69.0 Å². The minimum absolute atomic E-state index is 0.0282. The van der Waals surface area contributed by atoms with Crippen molar-refractivity contribution >= 4 is 17.5 Å². The molecule has 1 amide bonds. The van der Waals surface area contributed by atoms with Crippen LogP contribution in [0.1, 0.15) is 29.8 Å². The van der Waals surface area contributed by atoms with Crippen molar-refractivity contribution < 1.29 is 18.3 Å². The van der Waals surface area contributed by atoms with Crippen molar-refractivity contribution in [3.05, 3.63) is 41.1 Å². The van der Waals surface area contributed by atoms with E-state index < -0.39 is 12.5 Å². The molecule has 9 heteroatoms. The molecule has 0 aliphatic rings. The first kappa shape index (κ1) is 16.2. The van der Waals surface area contributed by atoms with Crippen LogP contribution >= 0.6 is 11.6 Å². The third-order valence-corrected chi connectivity index (χ3v) is 3.00. The summed E-state index contributed by atoms with van der Waals surface area (Å²) in [5.74, 6) is -0.318. The van der Waals surface area contributed by atoms with Crippen LogP contribution in [-0.2, 0) is 6.54 Å². The van der Waals surface area contributed by atoms with Crippen molar-refractivity contribution in [1.29, 1.82) is 0 Å². The first-order valence-electron chi connectivity index (χ1n) is 6.40. The number of nitrogens with zero attached hydrogens (tertiary/aromatic N) is 3. The van der Waals surface area contributed by atoms with E-state index in [2.05, 4.69) is 15.3 Å². The van der Waals surface area contributed by atoms with Crippen LogP contribution in [0, 0.1) is 0 Å². The lowest BCUT2D eigenvalue weighted by Gasteiger charge is -2.09. The van der Waals surface area contributed by atoms with Gasteiger partial charge in [-0.15, -0.1) is 0 Å². The summed E-state index contributed by atoms with van der Waals surface area (Å²) in [5.41, 5.74) is -0.0391. The standard InChI is InChI=1S/C13H13ClF2N4O2/c1-2-22-10-4-3-8(14)11(19-10)12(21)18-7-9-17-5-6-20(9)13(15)16/h3-6,13H,2,7H2,1H3,(H,18,21). The Morgan fingerprint density at radius 2 is 2.27 bits per heavy atom. The summed E-state index contributed by atoms with van der Waals surface area (Å²) in [5, 5.41) is 2.59. The fourth-order valence-corrected chi connectivity index (χ4v) is 1.90. The van der Waals surface area contributed by atoms with Crippen LogP contribution in [0.25, 0.3) is 0 Å². The number of imidazole rings is 1. The average Bonchev–Trinajstić information content (AvgIpc) is 2.95. The Balaban J connectivity index is 2.09. The third kappa shape index (κ3) is 3.70. The highest BCUT2D eigenvalue weighted by atomic mass is 35.5. The Morgan fingerprint density at radius 1 is 1.50 bits per heavy atom. The number of aromatic nitrogens is 3. The second kappa shape index (κ2) is 7.17. The van der Waals surface area contributed by atoms with Gasteiger partial charge in [0.25, 0.3) is 5.91 Å². The van der Waals surface area contributed by atoms with Crippen LogP contribution in [0.15, 0.2) is 24.5 Å². The maximum atomic E-state index is 12.7. The Morgan fingerprint density at radius 3 is 2.95 bits per heavy atom. The molecule has 0 saturated carbocycles. The van der Waals surface area contributed by atoms with Gasteiger partial charge in [0.05, 0.1) is 18.2 Å². The van der Waals surface area contributed by atoms with Gasteiger partial charge < -0.3 is 10.1 Å². The van der Waals surface area contributed by atoms with Gasteiger partial charge in [-0.05, 0) is 13.0 Å². The molecule has 0 saturated heterocycles. The number of hydrogen-bond donors (Lipinski definition) is 1. The van der Waals surface area contributed by atoms with Crippen molar-refractivity contribution in [2.75, 3.05) is 6.61 Å². The van der Waals surface area contributed by atoms with Gasteiger partial charge in [-0.3, -0.25) is 9.36 Å². The van der Waals surface area contributed by atoms with E-state index in [0.29, 0.717) is 11.2 Å². The molecule has 0 fully saturated rings. The number of hydrogen-bond acceptors (Lipinski definition) is 4. The van der Waals surface area contributed by atoms with Gasteiger partial charge >= 0.3 is 6.55 Å². The van der Waals surface area contributed by atoms with Gasteiger partial charge in [0.2, 0.25) is 5.88 Å². The molecule has 2 rings (SSSR count). The zero-order valence-corrected chi connectivity index (χ0v) is 12.3. The number of carbonyl (C=O) groups is 1. The van der Waals surface area contributed by atoms with E-state index in [1.54, 1.807) is 6.92 Å². The summed E-state index contributed by atoms with van der Waals surface area (Å²) in [6, 6.07) is 3.01. The van der Waals surface area contributed by atoms with Crippen LogP contribution in [0.5, 0.6) is 5.88 Å². The fourth-order valence-electron chi connectivity index (χ4n) is 1.71. The number of alkyl halides is 2. The summed E-state index contributed by atoms with van der Waals surface area (Å²) in [6.45, 7) is -0.730. The van der Waals surface area contributed by atoms with Gasteiger partial charge in [0.15, 0.2) is 5.69 Å². The molecule has 6 nitrogen and oxygen atoms in total. The van der Waals surface area contributed by atoms with Crippen LogP contribution in [0.4, 0.5) is 8.78 Å². The van der Waals surface area contributed by atoms with Crippen molar-refractivity contribution in [2.24, 2.45) is 0 Å². The molecule has 2 aromatic heterocycles. The minimum atomic E-state index is -2.72. The number of nitrogens with one attached hydrogen (secondary N) is 1. The van der Waals surface area contributed by atoms with E-state index in [9.17, 15) is 13.6 Å². The molecule has 118 valence electrons. The lowest BCUT2D eigenvalue weighted by Crippen LogP contribution is -2.26. The Labute approximate surface area is 130 Å². The SMILES string of the molecule is CCOc1ccc(Cl)c(C(=O)NCc2nccn2C(F)F)n1. The molecule has 22 heavy (non-hydrogen) atoms. The number of amides is 1. The van der Waals surface area contributed by atoms with E-state index >= 15 is 0 Å². The number of ether oxygens (including phenoxy) is 1. The van der Waals surface area contributed by atoms with E-state index in [0.717, 1.165) is 6.20 Å². The molecule has 0 aliphatic carbocycles. The smallest absolute Gasteiger partial charge is 0.319 e. The van der Waals surface area contributed by atoms with Gasteiger partial charge in [0, 0.05) is 18.5 Å². The van der Waals surface area contributed by atoms with Crippen molar-refractivity contribution in [3.63, 3.8) is 0 Å². The molecule has 0 atom stereocenters. The number of pyridine rings is 1. The van der Waals surface area contributed by atoms with Crippen molar-refractivity contribution in [1.82, 2.24) is 19.9 Å². The fraction of sp³-hybridized carbons (Fsp3) is 0.308. The van der Waals surface area contributed by atoms with Crippen molar-refractivity contribution in [2.45, 2.75) is 20.0 Å². The largest absolute Gasteiger partial charge is 0.478 e. The molecule has 0 aromatic carbocycles. The molecular formula is C13H13ClF2N4O2. The predicted octanol–water partition coefficient (Wildman–Crippen LogP) is 2.66. The minimum Gasteiger partial charge on any atom is -0.478 e. The van der Waals surface area contributed by atoms with Crippen LogP contribution in [0.2, 0.25) is 5.02 Å². The van der Waals surface area contributed by atoms with Gasteiger partial charge in [0.1, 0.15) is 5.82 Å². The van der Waals surface area contributed by atoms with Crippen molar-refractivity contribution in [3.8, 4) is 5.88 Å². The number of halogens is 3. The van der Waals surface area contributed by atoms with Crippen LogP contribution in [-0.4, -0.2) is 27.0 Å². The summed E-state index contributed by atoms with van der Waals surface area (Å²) in [4.78, 5) is 19.8. The molecule has 0 bridgehead atoms. The highest BCUT2D eigenvalue weighted by Gasteiger charge is 2.16. The quantitative estimate of drug-likeness (QED) is 0.884. The molecule has 0 aliphatic heterocycles. The molecule has 0 radical (unpaired) electrons. The maximum absolute atomic E-state index is 12.7. The average molecular weight is 331 g/mol. The first-order chi connectivity index (χ1) is 10.5. The van der Waals surface area contributed by atoms with Crippen LogP contribution in [0.3, 0.4) is 0 Å². The normalized spacial score (nSPS) is 10.8. The maximum Gasteiger partial charge on any atom is 0.319 e. The predicted molar refractivity (Wildman–Crippen MR) is 75.1 cm³/mol. The van der Waals surface area contributed by atoms with Gasteiger partial charge in [-0.1, -0.05) is 11.6 Å². The second-order valence-electron chi connectivity index (χ2n) is 4.12. The Kier molecular flexibility index (Phi) is 5.26. The molecular weight excluding hydrogens is 318 g/mol. The van der Waals surface area contributed by atoms with Gasteiger partial charge in [-0.2, -0.15) is 8.78 Å². The number of rotatable bonds is 6. The van der Waals surface area contributed by atoms with Gasteiger partial charge in [-0.25, -0.2) is 9.97 Å². The van der Waals surface area contributed by atoms with E-state index in [4.69, 9.17) is 16.3 Å². The lowest BCUT2D eigenvalue weighted by molar-refractivity contribution is 0.0660. The highest BCUT2D eigenvalue weighted by molar-refractivity contribution is 6.33. The van der Waals surface area contributed by atoms with Crippen LogP contribution < -0.4 is 10.1 Å². The van der Waals surface area contributed by atoms with E-state index in [1.165, 1.54) is 18.3 Å². The molecule has 2 heterocycles. The molecule has 0 spiro atoms. The van der Waals surface area contributed by atoms with E-state index in [1.807, 2.05) is 0 Å². The van der Waals surface area contributed by atoms with E-state index in [-0.39, 0.29) is 29.0 Å². The Bertz CT molecular complexity index is 663. The summed E-state index contributed by atoms with van der Waals surface area (Å²) in [6.07, 6.45) is 2.36. The first-order valence-corrected chi connectivity index (χ1v) is 6.78. The molecule has 0 unspecified atom stereocenters. The number of carbonyl (C=O) groups excluding carboxylic acids is 1. The summed E-state index contributed by atoms with van der Waals surface area (Å²) < 4.78 is 31.2. The zero-order chi connectivity index (χ0) is 16.1. The third-order valence-electron chi connectivity index (χ3n) is 2.69. The monoisotopic (exact) mass is 330 g/mol. The second-order valence-corrected chi connectivity index (χ2v) is 4.53. The highest BCUT2D eigenvalue weighted by Crippen LogP contribution is 2.18. The Hall–Kier alpha value is -2.22. The molecule has 1 N–H and O–H groups in total. The summed E-state index contributed by atoms with van der Waals surface area (Å²) >= 11 is 5.91.